The van der Waals surface area contributed by atoms with Crippen LogP contribution in [0.25, 0.3) is 10.9 Å². The molecule has 2 N–H and O–H groups in total. The molecule has 0 bridgehead atoms. The summed E-state index contributed by atoms with van der Waals surface area (Å²) in [7, 11) is 0. The van der Waals surface area contributed by atoms with E-state index in [1.165, 1.54) is 11.1 Å². The van der Waals surface area contributed by atoms with Gasteiger partial charge in [0.05, 0.1) is 17.4 Å². The van der Waals surface area contributed by atoms with Gasteiger partial charge in [0.15, 0.2) is 0 Å². The Kier molecular flexibility index (Phi) is 6.53. The number of rotatable bonds is 7. The Morgan fingerprint density at radius 1 is 1.07 bits per heavy atom. The summed E-state index contributed by atoms with van der Waals surface area (Å²) < 4.78 is 0. The van der Waals surface area contributed by atoms with Gasteiger partial charge < -0.3 is 10.3 Å². The first kappa shape index (κ1) is 20.6. The van der Waals surface area contributed by atoms with Gasteiger partial charge in [0.1, 0.15) is 5.82 Å². The second kappa shape index (κ2) is 8.89. The molecule has 1 atom stereocenters. The molecular formula is C23H28ClN3O. The van der Waals surface area contributed by atoms with Gasteiger partial charge in [-0.2, -0.15) is 0 Å². The predicted molar refractivity (Wildman–Crippen MR) is 117 cm³/mol. The van der Waals surface area contributed by atoms with Gasteiger partial charge in [0.2, 0.25) is 0 Å². The average molecular weight is 398 g/mol. The standard InChI is InChI=1S/C23H28ClN3O/c1-14(2)11-16-5-7-17(8-6-16)22(15(3)4)25-13-21-26-20-12-18(24)9-10-19(20)23(28)27-21/h5-10,12,14-15,22,25H,11,13H2,1-4H3,(H,26,27,28)/t22-/m1/s1. The molecule has 148 valence electrons. The number of aromatic amines is 1. The lowest BCUT2D eigenvalue weighted by Gasteiger charge is -2.23. The van der Waals surface area contributed by atoms with Crippen LogP contribution >= 0.6 is 11.6 Å². The van der Waals surface area contributed by atoms with Crippen molar-refractivity contribution in [2.75, 3.05) is 0 Å². The molecule has 0 saturated heterocycles. The van der Waals surface area contributed by atoms with E-state index in [4.69, 9.17) is 11.6 Å². The van der Waals surface area contributed by atoms with Crippen molar-refractivity contribution in [3.63, 3.8) is 0 Å². The van der Waals surface area contributed by atoms with Crippen molar-refractivity contribution in [1.29, 1.82) is 0 Å². The molecule has 0 fully saturated rings. The predicted octanol–water partition coefficient (Wildman–Crippen LogP) is 5.26. The van der Waals surface area contributed by atoms with Crippen LogP contribution in [0, 0.1) is 11.8 Å². The SMILES string of the molecule is CC(C)Cc1ccc([C@H](NCc2nc3cc(Cl)ccc3c(=O)[nH]2)C(C)C)cc1. The van der Waals surface area contributed by atoms with Gasteiger partial charge in [-0.25, -0.2) is 4.98 Å². The number of hydrogen-bond donors (Lipinski definition) is 2. The van der Waals surface area contributed by atoms with E-state index in [1.54, 1.807) is 18.2 Å². The Bertz CT molecular complexity index is 993. The molecule has 0 radical (unpaired) electrons. The highest BCUT2D eigenvalue weighted by molar-refractivity contribution is 6.31. The van der Waals surface area contributed by atoms with E-state index in [-0.39, 0.29) is 11.6 Å². The van der Waals surface area contributed by atoms with E-state index in [9.17, 15) is 4.79 Å². The molecular weight excluding hydrogens is 370 g/mol. The Labute approximate surface area is 171 Å². The van der Waals surface area contributed by atoms with E-state index in [0.29, 0.717) is 40.1 Å². The first-order valence-corrected chi connectivity index (χ1v) is 10.2. The van der Waals surface area contributed by atoms with Crippen molar-refractivity contribution in [3.05, 3.63) is 74.8 Å². The minimum absolute atomic E-state index is 0.141. The molecule has 0 aliphatic rings. The number of H-pyrrole nitrogens is 1. The molecule has 28 heavy (non-hydrogen) atoms. The lowest BCUT2D eigenvalue weighted by atomic mass is 9.93. The topological polar surface area (TPSA) is 57.8 Å². The fraction of sp³-hybridized carbons (Fsp3) is 0.391. The van der Waals surface area contributed by atoms with E-state index in [0.717, 1.165) is 6.42 Å². The van der Waals surface area contributed by atoms with Gasteiger partial charge in [-0.3, -0.25) is 4.79 Å². The molecule has 0 spiro atoms. The van der Waals surface area contributed by atoms with Gasteiger partial charge in [0.25, 0.3) is 5.56 Å². The Morgan fingerprint density at radius 3 is 2.43 bits per heavy atom. The Balaban J connectivity index is 1.78. The van der Waals surface area contributed by atoms with E-state index < -0.39 is 0 Å². The van der Waals surface area contributed by atoms with Crippen molar-refractivity contribution in [1.82, 2.24) is 15.3 Å². The summed E-state index contributed by atoms with van der Waals surface area (Å²) in [5.41, 5.74) is 3.08. The zero-order chi connectivity index (χ0) is 20.3. The van der Waals surface area contributed by atoms with E-state index in [2.05, 4.69) is 67.2 Å². The number of nitrogens with zero attached hydrogens (tertiary/aromatic N) is 1. The molecule has 1 heterocycles. The third kappa shape index (κ3) is 5.00. The minimum atomic E-state index is -0.141. The minimum Gasteiger partial charge on any atom is -0.309 e. The number of halogens is 1. The van der Waals surface area contributed by atoms with E-state index >= 15 is 0 Å². The highest BCUT2D eigenvalue weighted by Gasteiger charge is 2.16. The van der Waals surface area contributed by atoms with Crippen LogP contribution < -0.4 is 10.9 Å². The zero-order valence-electron chi connectivity index (χ0n) is 16.9. The maximum Gasteiger partial charge on any atom is 0.258 e. The maximum atomic E-state index is 12.3. The first-order chi connectivity index (χ1) is 13.3. The van der Waals surface area contributed by atoms with Gasteiger partial charge in [-0.1, -0.05) is 63.6 Å². The molecule has 2 aromatic carbocycles. The molecule has 0 saturated carbocycles. The number of aromatic nitrogens is 2. The molecule has 1 aromatic heterocycles. The summed E-state index contributed by atoms with van der Waals surface area (Å²) >= 11 is 6.05. The zero-order valence-corrected chi connectivity index (χ0v) is 17.7. The average Bonchev–Trinajstić information content (AvgIpc) is 2.62. The third-order valence-electron chi connectivity index (χ3n) is 4.86. The summed E-state index contributed by atoms with van der Waals surface area (Å²) in [5.74, 6) is 1.66. The highest BCUT2D eigenvalue weighted by Crippen LogP contribution is 2.23. The number of fused-ring (bicyclic) bond motifs is 1. The lowest BCUT2D eigenvalue weighted by molar-refractivity contribution is 0.406. The van der Waals surface area contributed by atoms with Gasteiger partial charge >= 0.3 is 0 Å². The van der Waals surface area contributed by atoms with Crippen molar-refractivity contribution in [2.24, 2.45) is 11.8 Å². The molecule has 4 nitrogen and oxygen atoms in total. The summed E-state index contributed by atoms with van der Waals surface area (Å²) in [4.78, 5) is 19.8. The quantitative estimate of drug-likeness (QED) is 0.571. The number of benzene rings is 2. The summed E-state index contributed by atoms with van der Waals surface area (Å²) in [5, 5.41) is 4.68. The fourth-order valence-electron chi connectivity index (χ4n) is 3.52. The van der Waals surface area contributed by atoms with E-state index in [1.807, 2.05) is 0 Å². The molecule has 0 unspecified atom stereocenters. The van der Waals surface area contributed by atoms with Crippen molar-refractivity contribution in [3.8, 4) is 0 Å². The number of hydrogen-bond acceptors (Lipinski definition) is 3. The number of nitrogens with one attached hydrogen (secondary N) is 2. The molecule has 5 heteroatoms. The van der Waals surface area contributed by atoms with Crippen LogP contribution in [0.2, 0.25) is 5.02 Å². The van der Waals surface area contributed by atoms with Crippen molar-refractivity contribution >= 4 is 22.5 Å². The summed E-state index contributed by atoms with van der Waals surface area (Å²) in [6.07, 6.45) is 1.09. The third-order valence-corrected chi connectivity index (χ3v) is 5.09. The monoisotopic (exact) mass is 397 g/mol. The highest BCUT2D eigenvalue weighted by atomic mass is 35.5. The van der Waals surface area contributed by atoms with Crippen LogP contribution in [0.1, 0.15) is 50.7 Å². The Hall–Kier alpha value is -2.17. The maximum absolute atomic E-state index is 12.3. The molecule has 0 aliphatic heterocycles. The summed E-state index contributed by atoms with van der Waals surface area (Å²) in [6, 6.07) is 14.1. The lowest BCUT2D eigenvalue weighted by Crippen LogP contribution is -2.27. The van der Waals surface area contributed by atoms with Gasteiger partial charge in [0, 0.05) is 11.1 Å². The Morgan fingerprint density at radius 2 is 1.79 bits per heavy atom. The fourth-order valence-corrected chi connectivity index (χ4v) is 3.69. The molecule has 3 aromatic rings. The molecule has 3 rings (SSSR count). The van der Waals surface area contributed by atoms with Gasteiger partial charge in [-0.15, -0.1) is 0 Å². The van der Waals surface area contributed by atoms with Crippen molar-refractivity contribution in [2.45, 2.75) is 46.7 Å². The summed E-state index contributed by atoms with van der Waals surface area (Å²) in [6.45, 7) is 9.33. The molecule has 0 aliphatic carbocycles. The largest absolute Gasteiger partial charge is 0.309 e. The van der Waals surface area contributed by atoms with Crippen molar-refractivity contribution < 1.29 is 0 Å². The van der Waals surface area contributed by atoms with Crippen LogP contribution in [0.3, 0.4) is 0 Å². The second-order valence-electron chi connectivity index (χ2n) is 8.12. The first-order valence-electron chi connectivity index (χ1n) is 9.84. The second-order valence-corrected chi connectivity index (χ2v) is 8.55. The van der Waals surface area contributed by atoms with Crippen LogP contribution in [-0.2, 0) is 13.0 Å². The van der Waals surface area contributed by atoms with Gasteiger partial charge in [-0.05, 0) is 47.6 Å². The smallest absolute Gasteiger partial charge is 0.258 e. The normalized spacial score (nSPS) is 12.8. The van der Waals surface area contributed by atoms with Crippen LogP contribution in [-0.4, -0.2) is 9.97 Å². The van der Waals surface area contributed by atoms with Crippen LogP contribution in [0.15, 0.2) is 47.3 Å². The van der Waals surface area contributed by atoms with Crippen LogP contribution in [0.4, 0.5) is 0 Å². The van der Waals surface area contributed by atoms with Crippen LogP contribution in [0.5, 0.6) is 0 Å². The molecule has 0 amide bonds.